The maximum atomic E-state index is 12.2. The Morgan fingerprint density at radius 3 is 2.92 bits per heavy atom. The Morgan fingerprint density at radius 1 is 1.48 bits per heavy atom. The van der Waals surface area contributed by atoms with Crippen LogP contribution in [-0.4, -0.2) is 54.0 Å². The Balaban J connectivity index is 2.06. The summed E-state index contributed by atoms with van der Waals surface area (Å²) in [6.07, 6.45) is 0.994. The molecule has 0 aliphatic carbocycles. The van der Waals surface area contributed by atoms with Crippen molar-refractivity contribution in [3.05, 3.63) is 23.5 Å². The normalized spacial score (nSPS) is 17.5. The van der Waals surface area contributed by atoms with Crippen LogP contribution in [0.4, 0.5) is 4.79 Å². The smallest absolute Gasteiger partial charge is 0.410 e. The molecule has 25 heavy (non-hydrogen) atoms. The summed E-state index contributed by atoms with van der Waals surface area (Å²) in [6, 6.07) is 1.86. The van der Waals surface area contributed by atoms with Crippen molar-refractivity contribution >= 4 is 6.09 Å². The van der Waals surface area contributed by atoms with Crippen LogP contribution in [0.2, 0.25) is 0 Å². The number of amides is 1. The highest BCUT2D eigenvalue weighted by molar-refractivity contribution is 5.68. The van der Waals surface area contributed by atoms with Crippen molar-refractivity contribution in [2.45, 2.75) is 46.3 Å². The van der Waals surface area contributed by atoms with Gasteiger partial charge < -0.3 is 19.1 Å². The third-order valence-electron chi connectivity index (χ3n) is 3.39. The molecular weight excluding hydrogens is 320 g/mol. The first kappa shape index (κ1) is 19.1. The SMILES string of the molecule is CCOc1cc(C)ncc1C#C[C@H]1CN(C(=O)OC(C)(C)C)CCO1. The molecule has 1 amide bonds. The van der Waals surface area contributed by atoms with E-state index in [1.807, 2.05) is 40.7 Å². The van der Waals surface area contributed by atoms with Crippen LogP contribution in [0.25, 0.3) is 0 Å². The maximum absolute atomic E-state index is 12.2. The van der Waals surface area contributed by atoms with Gasteiger partial charge in [-0.05, 0) is 34.6 Å². The van der Waals surface area contributed by atoms with Gasteiger partial charge in [0.05, 0.1) is 25.3 Å². The number of hydrogen-bond donors (Lipinski definition) is 0. The number of aromatic nitrogens is 1. The van der Waals surface area contributed by atoms with E-state index in [0.717, 1.165) is 5.69 Å². The van der Waals surface area contributed by atoms with Gasteiger partial charge in [0, 0.05) is 24.5 Å². The lowest BCUT2D eigenvalue weighted by molar-refractivity contribution is -0.0236. The summed E-state index contributed by atoms with van der Waals surface area (Å²) in [6.45, 7) is 11.3. The van der Waals surface area contributed by atoms with Crippen molar-refractivity contribution in [1.29, 1.82) is 0 Å². The number of rotatable bonds is 2. The number of carbonyl (C=O) groups is 1. The second kappa shape index (κ2) is 8.21. The van der Waals surface area contributed by atoms with E-state index >= 15 is 0 Å². The predicted molar refractivity (Wildman–Crippen MR) is 94.6 cm³/mol. The van der Waals surface area contributed by atoms with E-state index in [1.54, 1.807) is 11.1 Å². The Morgan fingerprint density at radius 2 is 2.24 bits per heavy atom. The molecule has 0 radical (unpaired) electrons. The zero-order valence-electron chi connectivity index (χ0n) is 15.6. The highest BCUT2D eigenvalue weighted by atomic mass is 16.6. The van der Waals surface area contributed by atoms with E-state index in [1.165, 1.54) is 0 Å². The van der Waals surface area contributed by atoms with E-state index in [4.69, 9.17) is 14.2 Å². The first-order valence-corrected chi connectivity index (χ1v) is 8.49. The van der Waals surface area contributed by atoms with Crippen molar-refractivity contribution in [3.63, 3.8) is 0 Å². The molecule has 1 atom stereocenters. The quantitative estimate of drug-likeness (QED) is 0.771. The number of aryl methyl sites for hydroxylation is 1. The zero-order chi connectivity index (χ0) is 18.4. The monoisotopic (exact) mass is 346 g/mol. The summed E-state index contributed by atoms with van der Waals surface area (Å²) in [5.74, 6) is 6.83. The highest BCUT2D eigenvalue weighted by Gasteiger charge is 2.27. The molecule has 1 saturated heterocycles. The minimum absolute atomic E-state index is 0.338. The molecule has 6 nitrogen and oxygen atoms in total. The summed E-state index contributed by atoms with van der Waals surface area (Å²) >= 11 is 0. The second-order valence-electron chi connectivity index (χ2n) is 6.81. The molecule has 6 heteroatoms. The molecule has 1 fully saturated rings. The molecule has 0 aromatic carbocycles. The van der Waals surface area contributed by atoms with Gasteiger partial charge in [0.1, 0.15) is 17.5 Å². The van der Waals surface area contributed by atoms with E-state index in [-0.39, 0.29) is 12.2 Å². The largest absolute Gasteiger partial charge is 0.492 e. The van der Waals surface area contributed by atoms with Crippen LogP contribution in [0, 0.1) is 18.8 Å². The van der Waals surface area contributed by atoms with E-state index in [2.05, 4.69) is 16.8 Å². The third kappa shape index (κ3) is 5.95. The van der Waals surface area contributed by atoms with Crippen molar-refractivity contribution in [1.82, 2.24) is 9.88 Å². The van der Waals surface area contributed by atoms with E-state index < -0.39 is 5.60 Å². The van der Waals surface area contributed by atoms with Gasteiger partial charge in [0.15, 0.2) is 0 Å². The summed E-state index contributed by atoms with van der Waals surface area (Å²) in [4.78, 5) is 18.1. The fourth-order valence-electron chi connectivity index (χ4n) is 2.29. The first-order chi connectivity index (χ1) is 11.8. The minimum Gasteiger partial charge on any atom is -0.492 e. The van der Waals surface area contributed by atoms with E-state index in [9.17, 15) is 4.79 Å². The molecule has 1 aliphatic heterocycles. The topological polar surface area (TPSA) is 60.9 Å². The fraction of sp³-hybridized carbons (Fsp3) is 0.579. The van der Waals surface area contributed by atoms with Gasteiger partial charge >= 0.3 is 6.09 Å². The molecule has 136 valence electrons. The Kier molecular flexibility index (Phi) is 6.27. The van der Waals surface area contributed by atoms with Gasteiger partial charge in [-0.25, -0.2) is 4.79 Å². The number of ether oxygens (including phenoxy) is 3. The maximum Gasteiger partial charge on any atom is 0.410 e. The van der Waals surface area contributed by atoms with Crippen molar-refractivity contribution in [3.8, 4) is 17.6 Å². The molecule has 2 heterocycles. The molecule has 1 aliphatic rings. The number of nitrogens with zero attached hydrogens (tertiary/aromatic N) is 2. The van der Waals surface area contributed by atoms with Crippen LogP contribution in [0.1, 0.15) is 39.0 Å². The highest BCUT2D eigenvalue weighted by Crippen LogP contribution is 2.18. The standard InChI is InChI=1S/C19H26N2O4/c1-6-23-17-11-14(2)20-12-15(17)7-8-16-13-21(9-10-24-16)18(22)25-19(3,4)5/h11-12,16H,6,9-10,13H2,1-5H3/t16-/m0/s1. The second-order valence-corrected chi connectivity index (χ2v) is 6.81. The van der Waals surface area contributed by atoms with Crippen LogP contribution >= 0.6 is 0 Å². The molecule has 0 bridgehead atoms. The lowest BCUT2D eigenvalue weighted by Crippen LogP contribution is -2.47. The number of pyridine rings is 1. The van der Waals surface area contributed by atoms with Crippen LogP contribution in [-0.2, 0) is 9.47 Å². The van der Waals surface area contributed by atoms with Gasteiger partial charge in [-0.1, -0.05) is 11.8 Å². The van der Waals surface area contributed by atoms with Crippen LogP contribution in [0.15, 0.2) is 12.3 Å². The third-order valence-corrected chi connectivity index (χ3v) is 3.39. The molecule has 1 aromatic heterocycles. The number of hydrogen-bond acceptors (Lipinski definition) is 5. The molecule has 0 N–H and O–H groups in total. The summed E-state index contributed by atoms with van der Waals surface area (Å²) in [5, 5.41) is 0. The summed E-state index contributed by atoms with van der Waals surface area (Å²) in [5.41, 5.74) is 1.07. The molecular formula is C19H26N2O4. The fourth-order valence-corrected chi connectivity index (χ4v) is 2.29. The Bertz CT molecular complexity index is 670. The van der Waals surface area contributed by atoms with Gasteiger partial charge in [0.2, 0.25) is 0 Å². The van der Waals surface area contributed by atoms with Crippen LogP contribution < -0.4 is 4.74 Å². The zero-order valence-corrected chi connectivity index (χ0v) is 15.6. The van der Waals surface area contributed by atoms with Gasteiger partial charge in [-0.15, -0.1) is 0 Å². The lowest BCUT2D eigenvalue weighted by atomic mass is 10.2. The van der Waals surface area contributed by atoms with Crippen LogP contribution in [0.5, 0.6) is 5.75 Å². The van der Waals surface area contributed by atoms with Crippen LogP contribution in [0.3, 0.4) is 0 Å². The van der Waals surface area contributed by atoms with Crippen molar-refractivity contribution in [2.24, 2.45) is 0 Å². The van der Waals surface area contributed by atoms with Gasteiger partial charge in [0.25, 0.3) is 0 Å². The average Bonchev–Trinajstić information content (AvgIpc) is 2.53. The molecule has 0 saturated carbocycles. The summed E-state index contributed by atoms with van der Waals surface area (Å²) in [7, 11) is 0. The van der Waals surface area contributed by atoms with Gasteiger partial charge in [-0.3, -0.25) is 4.98 Å². The minimum atomic E-state index is -0.517. The van der Waals surface area contributed by atoms with Crippen molar-refractivity contribution in [2.75, 3.05) is 26.3 Å². The molecule has 2 rings (SSSR count). The molecule has 1 aromatic rings. The number of carbonyl (C=O) groups excluding carboxylic acids is 1. The van der Waals surface area contributed by atoms with E-state index in [0.29, 0.717) is 37.6 Å². The predicted octanol–water partition coefficient (Wildman–Crippen LogP) is 2.78. The Labute approximate surface area is 149 Å². The van der Waals surface area contributed by atoms with Gasteiger partial charge in [-0.2, -0.15) is 0 Å². The Hall–Kier alpha value is -2.26. The lowest BCUT2D eigenvalue weighted by Gasteiger charge is -2.32. The molecule has 0 spiro atoms. The average molecular weight is 346 g/mol. The first-order valence-electron chi connectivity index (χ1n) is 8.49. The summed E-state index contributed by atoms with van der Waals surface area (Å²) < 4.78 is 16.7. The molecule has 0 unspecified atom stereocenters. The number of morpholine rings is 1. The van der Waals surface area contributed by atoms with Crippen molar-refractivity contribution < 1.29 is 19.0 Å².